The Bertz CT molecular complexity index is 791. The van der Waals surface area contributed by atoms with Crippen LogP contribution in [0.15, 0.2) is 30.9 Å². The highest BCUT2D eigenvalue weighted by atomic mass is 16.2. The molecule has 1 aliphatic heterocycles. The Morgan fingerprint density at radius 1 is 1.43 bits per heavy atom. The zero-order valence-corrected chi connectivity index (χ0v) is 13.3. The molecule has 1 atom stereocenters. The van der Waals surface area contributed by atoms with Crippen molar-refractivity contribution in [3.63, 3.8) is 0 Å². The molecule has 0 radical (unpaired) electrons. The summed E-state index contributed by atoms with van der Waals surface area (Å²) >= 11 is 0. The quantitative estimate of drug-likeness (QED) is 0.854. The molecule has 0 aliphatic carbocycles. The van der Waals surface area contributed by atoms with Crippen LogP contribution in [-0.2, 0) is 4.79 Å². The second-order valence-corrected chi connectivity index (χ2v) is 6.14. The number of nitrogens with one attached hydrogen (secondary N) is 1. The highest BCUT2D eigenvalue weighted by molar-refractivity contribution is 6.06. The number of hydrogen-bond donors (Lipinski definition) is 2. The van der Waals surface area contributed by atoms with Crippen molar-refractivity contribution in [2.75, 3.05) is 13.1 Å². The van der Waals surface area contributed by atoms with Crippen molar-refractivity contribution in [3.8, 4) is 0 Å². The summed E-state index contributed by atoms with van der Waals surface area (Å²) in [6.45, 7) is 6.99. The first-order valence-electron chi connectivity index (χ1n) is 7.84. The molecule has 2 aromatic rings. The highest BCUT2D eigenvalue weighted by Gasteiger charge is 2.26. The lowest BCUT2D eigenvalue weighted by molar-refractivity contribution is -0.127. The molecule has 1 fully saturated rings. The topological polar surface area (TPSA) is 79.2 Å². The van der Waals surface area contributed by atoms with E-state index >= 15 is 0 Å². The number of fused-ring (bicyclic) bond motifs is 1. The number of carbonyl (C=O) groups excluding carboxylic acids is 2. The number of aromatic amines is 1. The number of hydrogen-bond acceptors (Lipinski definition) is 2. The molecule has 0 unspecified atom stereocenters. The van der Waals surface area contributed by atoms with Gasteiger partial charge in [0.05, 0.1) is 11.1 Å². The fourth-order valence-corrected chi connectivity index (χ4v) is 3.50. The van der Waals surface area contributed by atoms with E-state index in [1.807, 2.05) is 24.0 Å². The lowest BCUT2D eigenvalue weighted by Crippen LogP contribution is -2.38. The lowest BCUT2D eigenvalue weighted by atomic mass is 9.87. The first-order valence-corrected chi connectivity index (χ1v) is 7.84. The van der Waals surface area contributed by atoms with Crippen LogP contribution in [0.4, 0.5) is 0 Å². The van der Waals surface area contributed by atoms with Gasteiger partial charge in [0.15, 0.2) is 0 Å². The number of nitrogens with zero attached hydrogens (tertiary/aromatic N) is 1. The Kier molecular flexibility index (Phi) is 3.94. The molecule has 3 rings (SSSR count). The molecule has 1 aromatic carbocycles. The van der Waals surface area contributed by atoms with Gasteiger partial charge in [0.1, 0.15) is 0 Å². The zero-order valence-electron chi connectivity index (χ0n) is 13.3. The minimum absolute atomic E-state index is 0.0232. The van der Waals surface area contributed by atoms with E-state index in [4.69, 9.17) is 5.73 Å². The summed E-state index contributed by atoms with van der Waals surface area (Å²) in [6.07, 6.45) is 3.36. The number of carbonyl (C=O) groups is 2. The van der Waals surface area contributed by atoms with E-state index in [-0.39, 0.29) is 11.8 Å². The maximum atomic E-state index is 11.9. The molecule has 1 saturated heterocycles. The van der Waals surface area contributed by atoms with Gasteiger partial charge in [-0.25, -0.2) is 0 Å². The average molecular weight is 311 g/mol. The van der Waals surface area contributed by atoms with Gasteiger partial charge in [-0.15, -0.1) is 0 Å². The van der Waals surface area contributed by atoms with Crippen molar-refractivity contribution in [1.82, 2.24) is 9.88 Å². The number of benzene rings is 1. The van der Waals surface area contributed by atoms with Crippen molar-refractivity contribution >= 4 is 22.7 Å². The number of H-pyrrole nitrogens is 1. The van der Waals surface area contributed by atoms with E-state index in [1.54, 1.807) is 6.07 Å². The molecule has 3 N–H and O–H groups in total. The van der Waals surface area contributed by atoms with Crippen molar-refractivity contribution in [3.05, 3.63) is 47.7 Å². The van der Waals surface area contributed by atoms with E-state index in [1.165, 1.54) is 6.08 Å². The number of primary amides is 1. The number of likely N-dealkylation sites (tertiary alicyclic amines) is 1. The summed E-state index contributed by atoms with van der Waals surface area (Å²) in [7, 11) is 0. The van der Waals surface area contributed by atoms with E-state index in [0.29, 0.717) is 12.1 Å². The summed E-state index contributed by atoms with van der Waals surface area (Å²) in [5.41, 5.74) is 8.93. The van der Waals surface area contributed by atoms with Gasteiger partial charge in [0.25, 0.3) is 5.91 Å². The Balaban J connectivity index is 2.03. The third-order valence-electron chi connectivity index (χ3n) is 4.58. The summed E-state index contributed by atoms with van der Waals surface area (Å²) in [6, 6.07) is 5.80. The van der Waals surface area contributed by atoms with Gasteiger partial charge in [0, 0.05) is 30.1 Å². The molecule has 1 aromatic heterocycles. The second-order valence-electron chi connectivity index (χ2n) is 6.14. The second kappa shape index (κ2) is 5.91. The minimum atomic E-state index is -0.435. The molecule has 120 valence electrons. The molecule has 0 spiro atoms. The zero-order chi connectivity index (χ0) is 16.6. The van der Waals surface area contributed by atoms with Crippen LogP contribution >= 0.6 is 0 Å². The molecule has 1 aliphatic rings. The van der Waals surface area contributed by atoms with E-state index in [9.17, 15) is 9.59 Å². The van der Waals surface area contributed by atoms with Gasteiger partial charge in [-0.2, -0.15) is 0 Å². The van der Waals surface area contributed by atoms with Crippen LogP contribution in [0.25, 0.3) is 10.9 Å². The molecule has 0 bridgehead atoms. The molecule has 23 heavy (non-hydrogen) atoms. The summed E-state index contributed by atoms with van der Waals surface area (Å²) in [4.78, 5) is 28.6. The van der Waals surface area contributed by atoms with Gasteiger partial charge >= 0.3 is 0 Å². The third-order valence-corrected chi connectivity index (χ3v) is 4.58. The SMILES string of the molecule is C=CC(=O)N1CCC[C@H](c2ccc(C(N)=O)c3[nH]c(C)cc23)C1. The van der Waals surface area contributed by atoms with E-state index < -0.39 is 5.91 Å². The Morgan fingerprint density at radius 3 is 2.91 bits per heavy atom. The molecule has 5 nitrogen and oxygen atoms in total. The molecule has 2 heterocycles. The van der Waals surface area contributed by atoms with E-state index in [0.717, 1.165) is 41.5 Å². The number of nitrogens with two attached hydrogens (primary N) is 1. The molecule has 5 heteroatoms. The van der Waals surface area contributed by atoms with Gasteiger partial charge in [-0.1, -0.05) is 12.6 Å². The van der Waals surface area contributed by atoms with Crippen molar-refractivity contribution in [1.29, 1.82) is 0 Å². The van der Waals surface area contributed by atoms with Crippen molar-refractivity contribution < 1.29 is 9.59 Å². The fraction of sp³-hybridized carbons (Fsp3) is 0.333. The molecular weight excluding hydrogens is 290 g/mol. The van der Waals surface area contributed by atoms with Crippen LogP contribution in [0, 0.1) is 6.92 Å². The summed E-state index contributed by atoms with van der Waals surface area (Å²) in [5, 5.41) is 1.02. The monoisotopic (exact) mass is 311 g/mol. The number of rotatable bonds is 3. The Hall–Kier alpha value is -2.56. The van der Waals surface area contributed by atoms with Crippen LogP contribution in [-0.4, -0.2) is 34.8 Å². The standard InChI is InChI=1S/C18H21N3O2/c1-3-16(22)21-8-4-5-12(10-21)13-6-7-14(18(19)23)17-15(13)9-11(2)20-17/h3,6-7,9,12,20H,1,4-5,8,10H2,2H3,(H2,19,23)/t12-/m0/s1. The van der Waals surface area contributed by atoms with Crippen LogP contribution in [0.2, 0.25) is 0 Å². The van der Waals surface area contributed by atoms with Crippen LogP contribution in [0.3, 0.4) is 0 Å². The van der Waals surface area contributed by atoms with Gasteiger partial charge in [0.2, 0.25) is 5.91 Å². The molecule has 0 saturated carbocycles. The predicted octanol–water partition coefficient (Wildman–Crippen LogP) is 2.47. The predicted molar refractivity (Wildman–Crippen MR) is 90.3 cm³/mol. The first kappa shape index (κ1) is 15.3. The summed E-state index contributed by atoms with van der Waals surface area (Å²) < 4.78 is 0. The van der Waals surface area contributed by atoms with Crippen molar-refractivity contribution in [2.24, 2.45) is 5.73 Å². The largest absolute Gasteiger partial charge is 0.366 e. The van der Waals surface area contributed by atoms with Gasteiger partial charge in [-0.3, -0.25) is 9.59 Å². The average Bonchev–Trinajstić information content (AvgIpc) is 2.94. The lowest BCUT2D eigenvalue weighted by Gasteiger charge is -2.32. The van der Waals surface area contributed by atoms with Crippen LogP contribution < -0.4 is 5.73 Å². The summed E-state index contributed by atoms with van der Waals surface area (Å²) in [5.74, 6) is -0.201. The fourth-order valence-electron chi connectivity index (χ4n) is 3.50. The van der Waals surface area contributed by atoms with Crippen LogP contribution in [0.5, 0.6) is 0 Å². The van der Waals surface area contributed by atoms with Crippen molar-refractivity contribution in [2.45, 2.75) is 25.7 Å². The minimum Gasteiger partial charge on any atom is -0.366 e. The van der Waals surface area contributed by atoms with Gasteiger partial charge in [-0.05, 0) is 43.5 Å². The Morgan fingerprint density at radius 2 is 2.22 bits per heavy atom. The van der Waals surface area contributed by atoms with E-state index in [2.05, 4.69) is 11.6 Å². The highest BCUT2D eigenvalue weighted by Crippen LogP contribution is 2.34. The Labute approximate surface area is 135 Å². The van der Waals surface area contributed by atoms with Crippen LogP contribution in [0.1, 0.15) is 40.4 Å². The number of amides is 2. The maximum absolute atomic E-state index is 11.9. The maximum Gasteiger partial charge on any atom is 0.250 e. The smallest absolute Gasteiger partial charge is 0.250 e. The first-order chi connectivity index (χ1) is 11.0. The molecular formula is C18H21N3O2. The molecule has 2 amide bonds. The number of aryl methyl sites for hydroxylation is 1. The number of aromatic nitrogens is 1. The van der Waals surface area contributed by atoms with Gasteiger partial charge < -0.3 is 15.6 Å². The third kappa shape index (κ3) is 2.74. The number of piperidine rings is 1. The normalized spacial score (nSPS) is 18.1.